The predicted octanol–water partition coefficient (Wildman–Crippen LogP) is 3.80. The van der Waals surface area contributed by atoms with E-state index >= 15 is 0 Å². The summed E-state index contributed by atoms with van der Waals surface area (Å²) in [4.78, 5) is 18.6. The predicted molar refractivity (Wildman–Crippen MR) is 115 cm³/mol. The van der Waals surface area contributed by atoms with Crippen molar-refractivity contribution < 1.29 is 23.5 Å². The number of benzene rings is 2. The standard InChI is InChI=1S/C23H27N3O5/c1-14-9-15(2)11-18(10-14)30-16(3)23(27)26(4)13-21-24-22(25-31-21)19-8-7-17(28-5)12-20(19)29-6/h7-12,16H,13H2,1-6H3/t16-/m1/s1. The van der Waals surface area contributed by atoms with Gasteiger partial charge in [0.1, 0.15) is 17.2 Å². The summed E-state index contributed by atoms with van der Waals surface area (Å²) in [6.07, 6.45) is -0.657. The lowest BCUT2D eigenvalue weighted by Gasteiger charge is -2.21. The molecule has 164 valence electrons. The summed E-state index contributed by atoms with van der Waals surface area (Å²) >= 11 is 0. The van der Waals surface area contributed by atoms with Crippen LogP contribution in [0.25, 0.3) is 11.4 Å². The van der Waals surface area contributed by atoms with E-state index in [2.05, 4.69) is 16.2 Å². The molecule has 0 radical (unpaired) electrons. The second-order valence-corrected chi connectivity index (χ2v) is 7.36. The largest absolute Gasteiger partial charge is 0.497 e. The van der Waals surface area contributed by atoms with Crippen molar-refractivity contribution in [2.24, 2.45) is 0 Å². The molecule has 0 saturated carbocycles. The molecule has 3 aromatic rings. The summed E-state index contributed by atoms with van der Waals surface area (Å²) in [5, 5.41) is 4.02. The molecule has 1 heterocycles. The maximum atomic E-state index is 12.7. The van der Waals surface area contributed by atoms with Crippen molar-refractivity contribution in [3.05, 3.63) is 53.4 Å². The maximum absolute atomic E-state index is 12.7. The highest BCUT2D eigenvalue weighted by atomic mass is 16.5. The van der Waals surface area contributed by atoms with Crippen LogP contribution in [0.3, 0.4) is 0 Å². The quantitative estimate of drug-likeness (QED) is 0.542. The first-order valence-electron chi connectivity index (χ1n) is 9.85. The highest BCUT2D eigenvalue weighted by Gasteiger charge is 2.22. The third-order valence-electron chi connectivity index (χ3n) is 4.72. The van der Waals surface area contributed by atoms with Gasteiger partial charge >= 0.3 is 0 Å². The fourth-order valence-corrected chi connectivity index (χ4v) is 3.26. The van der Waals surface area contributed by atoms with Crippen LogP contribution in [-0.4, -0.2) is 48.3 Å². The molecular weight excluding hydrogens is 398 g/mol. The summed E-state index contributed by atoms with van der Waals surface area (Å²) in [5.74, 6) is 2.37. The molecule has 0 aliphatic carbocycles. The molecule has 8 nitrogen and oxygen atoms in total. The molecule has 1 aromatic heterocycles. The Morgan fingerprint density at radius 1 is 1.06 bits per heavy atom. The number of rotatable bonds is 8. The molecule has 3 rings (SSSR count). The van der Waals surface area contributed by atoms with Gasteiger partial charge in [0.15, 0.2) is 6.10 Å². The van der Waals surface area contributed by atoms with Crippen molar-refractivity contribution >= 4 is 5.91 Å². The van der Waals surface area contributed by atoms with Gasteiger partial charge in [-0.15, -0.1) is 0 Å². The summed E-state index contributed by atoms with van der Waals surface area (Å²) in [5.41, 5.74) is 2.82. The third kappa shape index (κ3) is 5.33. The Bertz CT molecular complexity index is 1040. The third-order valence-corrected chi connectivity index (χ3v) is 4.72. The SMILES string of the molecule is COc1ccc(-c2noc(CN(C)C(=O)[C@@H](C)Oc3cc(C)cc(C)c3)n2)c(OC)c1. The molecule has 0 N–H and O–H groups in total. The number of ether oxygens (including phenoxy) is 3. The van der Waals surface area contributed by atoms with Crippen LogP contribution >= 0.6 is 0 Å². The lowest BCUT2D eigenvalue weighted by molar-refractivity contribution is -0.137. The van der Waals surface area contributed by atoms with E-state index < -0.39 is 6.10 Å². The number of aryl methyl sites for hydroxylation is 2. The molecule has 0 aliphatic heterocycles. The van der Waals surface area contributed by atoms with Crippen LogP contribution in [0.15, 0.2) is 40.9 Å². The Labute approximate surface area is 181 Å². The van der Waals surface area contributed by atoms with Gasteiger partial charge in [0.25, 0.3) is 5.91 Å². The van der Waals surface area contributed by atoms with Crippen LogP contribution in [-0.2, 0) is 11.3 Å². The monoisotopic (exact) mass is 425 g/mol. The van der Waals surface area contributed by atoms with Crippen LogP contribution in [0.5, 0.6) is 17.2 Å². The van der Waals surface area contributed by atoms with Crippen LogP contribution < -0.4 is 14.2 Å². The number of hydrogen-bond acceptors (Lipinski definition) is 7. The molecule has 31 heavy (non-hydrogen) atoms. The van der Waals surface area contributed by atoms with Crippen molar-refractivity contribution in [3.63, 3.8) is 0 Å². The van der Waals surface area contributed by atoms with E-state index in [0.29, 0.717) is 34.5 Å². The summed E-state index contributed by atoms with van der Waals surface area (Å²) in [6, 6.07) is 11.2. The zero-order valence-electron chi connectivity index (χ0n) is 18.6. The highest BCUT2D eigenvalue weighted by Crippen LogP contribution is 2.31. The topological polar surface area (TPSA) is 86.9 Å². The smallest absolute Gasteiger partial charge is 0.263 e. The number of aromatic nitrogens is 2. The van der Waals surface area contributed by atoms with Crippen molar-refractivity contribution in [2.75, 3.05) is 21.3 Å². The Hall–Kier alpha value is -3.55. The second kappa shape index (κ2) is 9.51. The maximum Gasteiger partial charge on any atom is 0.263 e. The van der Waals surface area contributed by atoms with Crippen molar-refractivity contribution in [3.8, 4) is 28.6 Å². The molecule has 0 unspecified atom stereocenters. The molecule has 8 heteroatoms. The van der Waals surface area contributed by atoms with E-state index in [9.17, 15) is 4.79 Å². The number of likely N-dealkylation sites (N-methyl/N-ethyl adjacent to an activating group) is 1. The molecule has 0 saturated heterocycles. The zero-order chi connectivity index (χ0) is 22.5. The summed E-state index contributed by atoms with van der Waals surface area (Å²) in [7, 11) is 4.81. The van der Waals surface area contributed by atoms with Crippen molar-refractivity contribution in [2.45, 2.75) is 33.4 Å². The molecule has 0 bridgehead atoms. The molecule has 2 aromatic carbocycles. The highest BCUT2D eigenvalue weighted by molar-refractivity contribution is 5.80. The fourth-order valence-electron chi connectivity index (χ4n) is 3.26. The number of hydrogen-bond donors (Lipinski definition) is 0. The summed E-state index contributed by atoms with van der Waals surface area (Å²) in [6.45, 7) is 5.86. The zero-order valence-corrected chi connectivity index (χ0v) is 18.6. The van der Waals surface area contributed by atoms with Gasteiger partial charge in [-0.3, -0.25) is 4.79 Å². The Morgan fingerprint density at radius 2 is 1.77 bits per heavy atom. The van der Waals surface area contributed by atoms with Gasteiger partial charge < -0.3 is 23.6 Å². The van der Waals surface area contributed by atoms with E-state index in [1.807, 2.05) is 26.0 Å². The first-order chi connectivity index (χ1) is 14.8. The Balaban J connectivity index is 1.67. The molecule has 1 amide bonds. The number of carbonyl (C=O) groups excluding carboxylic acids is 1. The number of methoxy groups -OCH3 is 2. The Morgan fingerprint density at radius 3 is 2.42 bits per heavy atom. The van der Waals surface area contributed by atoms with Gasteiger partial charge in [-0.05, 0) is 56.2 Å². The first kappa shape index (κ1) is 22.1. The van der Waals surface area contributed by atoms with Gasteiger partial charge in [0.05, 0.1) is 26.3 Å². The first-order valence-corrected chi connectivity index (χ1v) is 9.85. The van der Waals surface area contributed by atoms with E-state index in [1.165, 1.54) is 4.90 Å². The van der Waals surface area contributed by atoms with Gasteiger partial charge in [-0.25, -0.2) is 0 Å². The van der Waals surface area contributed by atoms with Gasteiger partial charge in [0.2, 0.25) is 11.7 Å². The molecule has 1 atom stereocenters. The van der Waals surface area contributed by atoms with E-state index in [-0.39, 0.29) is 12.5 Å². The van der Waals surface area contributed by atoms with E-state index in [4.69, 9.17) is 18.7 Å². The molecular formula is C23H27N3O5. The van der Waals surface area contributed by atoms with E-state index in [1.54, 1.807) is 46.4 Å². The minimum atomic E-state index is -0.657. The van der Waals surface area contributed by atoms with E-state index in [0.717, 1.165) is 11.1 Å². The second-order valence-electron chi connectivity index (χ2n) is 7.36. The van der Waals surface area contributed by atoms with Crippen molar-refractivity contribution in [1.82, 2.24) is 15.0 Å². The van der Waals surface area contributed by atoms with Crippen LogP contribution in [0, 0.1) is 13.8 Å². The van der Waals surface area contributed by atoms with Crippen LogP contribution in [0.2, 0.25) is 0 Å². The van der Waals surface area contributed by atoms with Crippen LogP contribution in [0.4, 0.5) is 0 Å². The molecule has 0 spiro atoms. The minimum Gasteiger partial charge on any atom is -0.497 e. The van der Waals surface area contributed by atoms with Crippen molar-refractivity contribution in [1.29, 1.82) is 0 Å². The minimum absolute atomic E-state index is 0.158. The lowest BCUT2D eigenvalue weighted by atomic mass is 10.1. The number of carbonyl (C=O) groups is 1. The Kier molecular flexibility index (Phi) is 6.79. The normalized spacial score (nSPS) is 11.7. The molecule has 0 fully saturated rings. The molecule has 0 aliphatic rings. The number of amides is 1. The van der Waals surface area contributed by atoms with Gasteiger partial charge in [0, 0.05) is 13.1 Å². The number of nitrogens with zero attached hydrogens (tertiary/aromatic N) is 3. The fraction of sp³-hybridized carbons (Fsp3) is 0.348. The average molecular weight is 425 g/mol. The average Bonchev–Trinajstić information content (AvgIpc) is 3.19. The van der Waals surface area contributed by atoms with Gasteiger partial charge in [-0.1, -0.05) is 11.2 Å². The van der Waals surface area contributed by atoms with Gasteiger partial charge in [-0.2, -0.15) is 4.98 Å². The van der Waals surface area contributed by atoms with Crippen LogP contribution in [0.1, 0.15) is 23.9 Å². The lowest BCUT2D eigenvalue weighted by Crippen LogP contribution is -2.37. The summed E-state index contributed by atoms with van der Waals surface area (Å²) < 4.78 is 21.8.